The van der Waals surface area contributed by atoms with Crippen LogP contribution in [0.15, 0.2) is 11.6 Å². The van der Waals surface area contributed by atoms with Gasteiger partial charge in [0.2, 0.25) is 0 Å². The average molecular weight is 196 g/mol. The first-order valence-corrected chi connectivity index (χ1v) is 5.13. The summed E-state index contributed by atoms with van der Waals surface area (Å²) in [6.07, 6.45) is 3.86. The first kappa shape index (κ1) is 11.4. The van der Waals surface area contributed by atoms with E-state index in [-0.39, 0.29) is 11.2 Å². The zero-order chi connectivity index (χ0) is 11.0. The second-order valence-electron chi connectivity index (χ2n) is 5.78. The van der Waals surface area contributed by atoms with E-state index in [9.17, 15) is 9.90 Å². The van der Waals surface area contributed by atoms with Crippen molar-refractivity contribution in [2.75, 3.05) is 0 Å². The first-order chi connectivity index (χ1) is 6.18. The Morgan fingerprint density at radius 3 is 2.43 bits per heavy atom. The van der Waals surface area contributed by atoms with E-state index in [1.807, 2.05) is 0 Å². The van der Waals surface area contributed by atoms with Gasteiger partial charge in [-0.3, -0.25) is 4.79 Å². The molecule has 0 amide bonds. The topological polar surface area (TPSA) is 37.3 Å². The van der Waals surface area contributed by atoms with Gasteiger partial charge in [0.1, 0.15) is 0 Å². The van der Waals surface area contributed by atoms with Gasteiger partial charge in [0.15, 0.2) is 5.78 Å². The Morgan fingerprint density at radius 1 is 1.43 bits per heavy atom. The number of ketones is 1. The monoisotopic (exact) mass is 196 g/mol. The van der Waals surface area contributed by atoms with Crippen LogP contribution in [0.3, 0.4) is 0 Å². The number of carbonyl (C=O) groups is 1. The maximum absolute atomic E-state index is 11.4. The maximum Gasteiger partial charge on any atom is 0.156 e. The van der Waals surface area contributed by atoms with Crippen molar-refractivity contribution in [1.29, 1.82) is 0 Å². The van der Waals surface area contributed by atoms with Gasteiger partial charge in [-0.15, -0.1) is 0 Å². The van der Waals surface area contributed by atoms with E-state index in [4.69, 9.17) is 0 Å². The quantitative estimate of drug-likeness (QED) is 0.736. The fraction of sp³-hybridized carbons (Fsp3) is 0.750. The molecule has 0 saturated carbocycles. The van der Waals surface area contributed by atoms with E-state index in [1.165, 1.54) is 0 Å². The Kier molecular flexibility index (Phi) is 2.86. The predicted octanol–water partition coefficient (Wildman–Crippen LogP) is 2.46. The van der Waals surface area contributed by atoms with Gasteiger partial charge in [-0.2, -0.15) is 0 Å². The number of aliphatic hydroxyl groups is 1. The molecule has 0 fully saturated rings. The molecule has 2 nitrogen and oxygen atoms in total. The van der Waals surface area contributed by atoms with Crippen LogP contribution in [0.25, 0.3) is 0 Å². The largest absolute Gasteiger partial charge is 0.390 e. The molecular weight excluding hydrogens is 176 g/mol. The highest BCUT2D eigenvalue weighted by atomic mass is 16.3. The molecule has 0 atom stereocenters. The van der Waals surface area contributed by atoms with E-state index < -0.39 is 5.60 Å². The average Bonchev–Trinajstić information content (AvgIpc) is 1.74. The van der Waals surface area contributed by atoms with Gasteiger partial charge in [-0.25, -0.2) is 0 Å². The van der Waals surface area contributed by atoms with Crippen LogP contribution in [0, 0.1) is 5.41 Å². The summed E-state index contributed by atoms with van der Waals surface area (Å²) in [5.74, 6) is 0.195. The number of allylic oxidation sites excluding steroid dienone is 1. The minimum absolute atomic E-state index is 0.0619. The van der Waals surface area contributed by atoms with Crippen molar-refractivity contribution in [1.82, 2.24) is 0 Å². The third-order valence-corrected chi connectivity index (χ3v) is 2.38. The van der Waals surface area contributed by atoms with Gasteiger partial charge in [0, 0.05) is 6.42 Å². The molecule has 0 aromatic rings. The number of hydrogen-bond donors (Lipinski definition) is 1. The van der Waals surface area contributed by atoms with Gasteiger partial charge in [-0.05, 0) is 38.2 Å². The summed E-state index contributed by atoms with van der Waals surface area (Å²) >= 11 is 0. The van der Waals surface area contributed by atoms with Gasteiger partial charge >= 0.3 is 0 Å². The highest BCUT2D eigenvalue weighted by molar-refractivity contribution is 5.91. The SMILES string of the molecule is CC(C)(O)CC1=CC(=O)CC(C)(C)C1. The Bertz CT molecular complexity index is 267. The molecule has 1 N–H and O–H groups in total. The summed E-state index contributed by atoms with van der Waals surface area (Å²) < 4.78 is 0. The van der Waals surface area contributed by atoms with Crippen LogP contribution in [0.1, 0.15) is 47.0 Å². The van der Waals surface area contributed by atoms with Crippen LogP contribution in [0.2, 0.25) is 0 Å². The molecule has 1 rings (SSSR count). The fourth-order valence-corrected chi connectivity index (χ4v) is 2.15. The smallest absolute Gasteiger partial charge is 0.156 e. The van der Waals surface area contributed by atoms with Gasteiger partial charge in [-0.1, -0.05) is 19.4 Å². The van der Waals surface area contributed by atoms with Crippen molar-refractivity contribution in [2.24, 2.45) is 5.41 Å². The summed E-state index contributed by atoms with van der Waals surface area (Å²) in [4.78, 5) is 11.4. The molecule has 80 valence electrons. The zero-order valence-corrected chi connectivity index (χ0v) is 9.55. The predicted molar refractivity (Wildman–Crippen MR) is 57.0 cm³/mol. The molecule has 0 radical (unpaired) electrons. The van der Waals surface area contributed by atoms with Crippen molar-refractivity contribution in [3.63, 3.8) is 0 Å². The van der Waals surface area contributed by atoms with Gasteiger partial charge < -0.3 is 5.11 Å². The number of carbonyl (C=O) groups excluding carboxylic acids is 1. The molecule has 1 aliphatic carbocycles. The van der Waals surface area contributed by atoms with Crippen LogP contribution in [-0.4, -0.2) is 16.5 Å². The maximum atomic E-state index is 11.4. The third kappa shape index (κ3) is 3.62. The van der Waals surface area contributed by atoms with E-state index in [0.717, 1.165) is 12.0 Å². The molecule has 0 aromatic carbocycles. The van der Waals surface area contributed by atoms with Gasteiger partial charge in [0.05, 0.1) is 5.60 Å². The van der Waals surface area contributed by atoms with Crippen molar-refractivity contribution >= 4 is 5.78 Å². The van der Waals surface area contributed by atoms with Crippen LogP contribution < -0.4 is 0 Å². The highest BCUT2D eigenvalue weighted by Crippen LogP contribution is 2.36. The molecule has 0 spiro atoms. The lowest BCUT2D eigenvalue weighted by atomic mass is 9.75. The molecule has 0 saturated heterocycles. The molecule has 1 aliphatic rings. The molecule has 0 aromatic heterocycles. The van der Waals surface area contributed by atoms with Crippen molar-refractivity contribution < 1.29 is 9.90 Å². The Morgan fingerprint density at radius 2 is 2.00 bits per heavy atom. The highest BCUT2D eigenvalue weighted by Gasteiger charge is 2.29. The number of hydrogen-bond acceptors (Lipinski definition) is 2. The molecule has 14 heavy (non-hydrogen) atoms. The molecule has 0 unspecified atom stereocenters. The summed E-state index contributed by atoms with van der Waals surface area (Å²) in [6.45, 7) is 7.75. The Hall–Kier alpha value is -0.630. The zero-order valence-electron chi connectivity index (χ0n) is 9.55. The fourth-order valence-electron chi connectivity index (χ4n) is 2.15. The lowest BCUT2D eigenvalue weighted by Gasteiger charge is -2.31. The van der Waals surface area contributed by atoms with Crippen molar-refractivity contribution in [2.45, 2.75) is 52.6 Å². The second kappa shape index (κ2) is 3.50. The van der Waals surface area contributed by atoms with E-state index in [2.05, 4.69) is 13.8 Å². The van der Waals surface area contributed by atoms with Crippen LogP contribution in [0.5, 0.6) is 0 Å². The lowest BCUT2D eigenvalue weighted by molar-refractivity contribution is -0.117. The molecule has 2 heteroatoms. The van der Waals surface area contributed by atoms with Crippen LogP contribution >= 0.6 is 0 Å². The van der Waals surface area contributed by atoms with Crippen LogP contribution in [-0.2, 0) is 4.79 Å². The summed E-state index contributed by atoms with van der Waals surface area (Å²) in [5, 5.41) is 9.67. The minimum atomic E-state index is -0.709. The van der Waals surface area contributed by atoms with E-state index in [0.29, 0.717) is 12.8 Å². The first-order valence-electron chi connectivity index (χ1n) is 5.13. The van der Waals surface area contributed by atoms with E-state index in [1.54, 1.807) is 19.9 Å². The summed E-state index contributed by atoms with van der Waals surface area (Å²) in [7, 11) is 0. The normalized spacial score (nSPS) is 22.1. The molecule has 0 aliphatic heterocycles. The molecule has 0 heterocycles. The van der Waals surface area contributed by atoms with Gasteiger partial charge in [0.25, 0.3) is 0 Å². The Labute approximate surface area is 86.0 Å². The summed E-state index contributed by atoms with van der Waals surface area (Å²) in [6, 6.07) is 0. The number of rotatable bonds is 2. The Balaban J connectivity index is 2.75. The second-order valence-corrected chi connectivity index (χ2v) is 5.78. The van der Waals surface area contributed by atoms with Crippen molar-refractivity contribution in [3.05, 3.63) is 11.6 Å². The third-order valence-electron chi connectivity index (χ3n) is 2.38. The molecular formula is C12H20O2. The minimum Gasteiger partial charge on any atom is -0.390 e. The lowest BCUT2D eigenvalue weighted by Crippen LogP contribution is -2.26. The van der Waals surface area contributed by atoms with Crippen LogP contribution in [0.4, 0.5) is 0 Å². The van der Waals surface area contributed by atoms with Crippen molar-refractivity contribution in [3.8, 4) is 0 Å². The molecule has 0 bridgehead atoms. The summed E-state index contributed by atoms with van der Waals surface area (Å²) in [5.41, 5.74) is 0.435. The van der Waals surface area contributed by atoms with E-state index >= 15 is 0 Å². The standard InChI is InChI=1S/C12H20O2/c1-11(2)6-9(5-10(13)8-11)7-12(3,4)14/h5,14H,6-8H2,1-4H3.